The van der Waals surface area contributed by atoms with Gasteiger partial charge in [0.1, 0.15) is 5.75 Å². The number of alkyl halides is 3. The molecule has 1 N–H and O–H groups in total. The molecule has 0 spiro atoms. The highest BCUT2D eigenvalue weighted by Gasteiger charge is 2.30. The normalized spacial score (nSPS) is 13.2. The molecule has 1 unspecified atom stereocenters. The van der Waals surface area contributed by atoms with Crippen LogP contribution in [0.1, 0.15) is 16.5 Å². The highest BCUT2D eigenvalue weighted by Crippen LogP contribution is 2.36. The summed E-state index contributed by atoms with van der Waals surface area (Å²) in [4.78, 5) is 0.768. The van der Waals surface area contributed by atoms with Crippen LogP contribution in [0.5, 0.6) is 5.75 Å². The fourth-order valence-electron chi connectivity index (χ4n) is 1.68. The fourth-order valence-corrected chi connectivity index (χ4v) is 3.75. The van der Waals surface area contributed by atoms with Gasteiger partial charge in [-0.2, -0.15) is 0 Å². The first kappa shape index (κ1) is 16.8. The molecule has 2 nitrogen and oxygen atoms in total. The Morgan fingerprint density at radius 1 is 1.19 bits per heavy atom. The summed E-state index contributed by atoms with van der Waals surface area (Å²) in [5.74, 6) is -0.276. The van der Waals surface area contributed by atoms with Gasteiger partial charge in [-0.1, -0.05) is 12.1 Å². The van der Waals surface area contributed by atoms with Crippen molar-refractivity contribution in [3.63, 3.8) is 0 Å². The van der Waals surface area contributed by atoms with Gasteiger partial charge in [-0.15, -0.1) is 24.5 Å². The second-order valence-corrected chi connectivity index (χ2v) is 7.44. The maximum atomic E-state index is 12.0. The zero-order valence-corrected chi connectivity index (χ0v) is 14.3. The summed E-state index contributed by atoms with van der Waals surface area (Å²) in [5.41, 5.74) is 0.720. The van der Waals surface area contributed by atoms with Crippen LogP contribution in [0.3, 0.4) is 0 Å². The van der Waals surface area contributed by atoms with E-state index in [4.69, 9.17) is 0 Å². The molecule has 0 aliphatic heterocycles. The summed E-state index contributed by atoms with van der Waals surface area (Å²) < 4.78 is 41.7. The number of halogens is 5. The third-order valence-corrected chi connectivity index (χ3v) is 5.94. The average Bonchev–Trinajstić information content (AvgIpc) is 2.70. The van der Waals surface area contributed by atoms with E-state index < -0.39 is 12.5 Å². The first-order valence-corrected chi connectivity index (χ1v) is 8.12. The molecule has 1 aromatic heterocycles. The van der Waals surface area contributed by atoms with Gasteiger partial charge in [0.15, 0.2) is 0 Å². The molecule has 0 aliphatic rings. The van der Waals surface area contributed by atoms with Crippen LogP contribution >= 0.6 is 43.2 Å². The lowest BCUT2D eigenvalue weighted by molar-refractivity contribution is -0.274. The number of thiophene rings is 1. The molecule has 0 bridgehead atoms. The van der Waals surface area contributed by atoms with Crippen molar-refractivity contribution >= 4 is 43.2 Å². The van der Waals surface area contributed by atoms with Gasteiger partial charge in [0, 0.05) is 15.8 Å². The molecule has 21 heavy (non-hydrogen) atoms. The third-order valence-electron chi connectivity index (χ3n) is 2.58. The Morgan fingerprint density at radius 2 is 1.81 bits per heavy atom. The van der Waals surface area contributed by atoms with Gasteiger partial charge in [0.05, 0.1) is 9.89 Å². The molecule has 8 heteroatoms. The van der Waals surface area contributed by atoms with Crippen molar-refractivity contribution in [1.29, 1.82) is 0 Å². The minimum absolute atomic E-state index is 0.276. The number of aliphatic hydroxyl groups excluding tert-OH is 1. The zero-order valence-electron chi connectivity index (χ0n) is 10.3. The van der Waals surface area contributed by atoms with Gasteiger partial charge in [-0.05, 0) is 55.6 Å². The number of benzene rings is 1. The quantitative estimate of drug-likeness (QED) is 0.678. The predicted molar refractivity (Wildman–Crippen MR) is 81.5 cm³/mol. The SMILES string of the molecule is OC(Cc1ccc(OC(F)(F)F)cc1)c1cc(Br)c(Br)s1. The van der Waals surface area contributed by atoms with Crippen molar-refractivity contribution in [2.45, 2.75) is 18.9 Å². The van der Waals surface area contributed by atoms with Crippen LogP contribution in [-0.4, -0.2) is 11.5 Å². The maximum Gasteiger partial charge on any atom is 0.573 e. The highest BCUT2D eigenvalue weighted by molar-refractivity contribution is 9.13. The molecular formula is C13H9Br2F3O2S. The molecule has 1 heterocycles. The van der Waals surface area contributed by atoms with Crippen LogP contribution in [0, 0.1) is 0 Å². The van der Waals surface area contributed by atoms with Crippen molar-refractivity contribution < 1.29 is 23.0 Å². The highest BCUT2D eigenvalue weighted by atomic mass is 79.9. The van der Waals surface area contributed by atoms with Crippen molar-refractivity contribution in [3.8, 4) is 5.75 Å². The number of hydrogen-bond donors (Lipinski definition) is 1. The van der Waals surface area contributed by atoms with E-state index in [0.717, 1.165) is 18.7 Å². The maximum absolute atomic E-state index is 12.0. The Hall–Kier alpha value is -0.570. The van der Waals surface area contributed by atoms with Crippen molar-refractivity contribution in [3.05, 3.63) is 49.0 Å². The number of ether oxygens (including phenoxy) is 1. The molecular weight excluding hydrogens is 437 g/mol. The molecule has 0 fully saturated rings. The van der Waals surface area contributed by atoms with E-state index in [1.54, 1.807) is 6.07 Å². The summed E-state index contributed by atoms with van der Waals surface area (Å²) in [6.07, 6.45) is -5.10. The fraction of sp³-hybridized carbons (Fsp3) is 0.231. The number of aliphatic hydroxyl groups is 1. The molecule has 0 amide bonds. The molecule has 1 aromatic carbocycles. The van der Waals surface area contributed by atoms with Crippen LogP contribution < -0.4 is 4.74 Å². The predicted octanol–water partition coefficient (Wildman–Crippen LogP) is 5.45. The van der Waals surface area contributed by atoms with E-state index in [1.165, 1.54) is 35.6 Å². The van der Waals surface area contributed by atoms with E-state index in [-0.39, 0.29) is 5.75 Å². The van der Waals surface area contributed by atoms with Crippen LogP contribution in [0.2, 0.25) is 0 Å². The molecule has 2 aromatic rings. The molecule has 114 valence electrons. The lowest BCUT2D eigenvalue weighted by atomic mass is 10.1. The van der Waals surface area contributed by atoms with E-state index in [9.17, 15) is 18.3 Å². The zero-order chi connectivity index (χ0) is 15.6. The van der Waals surface area contributed by atoms with Crippen molar-refractivity contribution in [2.24, 2.45) is 0 Å². The summed E-state index contributed by atoms with van der Waals surface area (Å²) in [7, 11) is 0. The molecule has 0 saturated heterocycles. The summed E-state index contributed by atoms with van der Waals surface area (Å²) in [5, 5.41) is 10.1. The van der Waals surface area contributed by atoms with Gasteiger partial charge >= 0.3 is 6.36 Å². The second-order valence-electron chi connectivity index (χ2n) is 4.18. The first-order valence-electron chi connectivity index (χ1n) is 5.72. The van der Waals surface area contributed by atoms with E-state index in [2.05, 4.69) is 36.6 Å². The molecule has 0 radical (unpaired) electrons. The van der Waals surface area contributed by atoms with Crippen LogP contribution in [0.4, 0.5) is 13.2 Å². The smallest absolute Gasteiger partial charge is 0.406 e. The van der Waals surface area contributed by atoms with Crippen LogP contribution in [0.15, 0.2) is 38.6 Å². The third kappa shape index (κ3) is 4.98. The number of rotatable bonds is 4. The van der Waals surface area contributed by atoms with Crippen molar-refractivity contribution in [2.75, 3.05) is 0 Å². The summed E-state index contributed by atoms with van der Waals surface area (Å²) in [6, 6.07) is 7.27. The Bertz CT molecular complexity index is 591. The lowest BCUT2D eigenvalue weighted by Gasteiger charge is -2.11. The molecule has 0 aliphatic carbocycles. The Labute approximate surface area is 139 Å². The van der Waals surface area contributed by atoms with E-state index in [0.29, 0.717) is 6.42 Å². The largest absolute Gasteiger partial charge is 0.573 e. The van der Waals surface area contributed by atoms with Gasteiger partial charge in [-0.3, -0.25) is 0 Å². The molecule has 2 rings (SSSR count). The lowest BCUT2D eigenvalue weighted by Crippen LogP contribution is -2.17. The van der Waals surface area contributed by atoms with E-state index in [1.807, 2.05) is 0 Å². The summed E-state index contributed by atoms with van der Waals surface area (Å²) in [6.45, 7) is 0. The minimum atomic E-state index is -4.70. The second kappa shape index (κ2) is 6.68. The minimum Gasteiger partial charge on any atom is -0.406 e. The number of hydrogen-bond acceptors (Lipinski definition) is 3. The van der Waals surface area contributed by atoms with E-state index >= 15 is 0 Å². The van der Waals surface area contributed by atoms with Gasteiger partial charge in [-0.25, -0.2) is 0 Å². The topological polar surface area (TPSA) is 29.5 Å². The Balaban J connectivity index is 2.03. The van der Waals surface area contributed by atoms with Gasteiger partial charge in [0.25, 0.3) is 0 Å². The molecule has 0 saturated carbocycles. The monoisotopic (exact) mass is 444 g/mol. The van der Waals surface area contributed by atoms with Gasteiger partial charge in [0.2, 0.25) is 0 Å². The Morgan fingerprint density at radius 3 is 2.29 bits per heavy atom. The van der Waals surface area contributed by atoms with Crippen LogP contribution in [0.25, 0.3) is 0 Å². The average molecular weight is 446 g/mol. The summed E-state index contributed by atoms with van der Waals surface area (Å²) >= 11 is 8.08. The molecule has 1 atom stereocenters. The standard InChI is InChI=1S/C13H9Br2F3O2S/c14-9-6-11(21-12(9)15)10(19)5-7-1-3-8(4-2-7)20-13(16,17)18/h1-4,6,10,19H,5H2. The first-order chi connectivity index (χ1) is 9.74. The van der Waals surface area contributed by atoms with Crippen LogP contribution in [-0.2, 0) is 6.42 Å². The van der Waals surface area contributed by atoms with Crippen molar-refractivity contribution in [1.82, 2.24) is 0 Å². The van der Waals surface area contributed by atoms with Gasteiger partial charge < -0.3 is 9.84 Å². The Kier molecular flexibility index (Phi) is 5.34.